The van der Waals surface area contributed by atoms with Crippen LogP contribution in [0.1, 0.15) is 42.4 Å². The number of pyridine rings is 1. The maximum atomic E-state index is 12.6. The Labute approximate surface area is 133 Å². The molecule has 2 aromatic rings. The molecule has 0 bridgehead atoms. The van der Waals surface area contributed by atoms with Gasteiger partial charge in [0.1, 0.15) is 4.60 Å². The van der Waals surface area contributed by atoms with Crippen molar-refractivity contribution in [2.45, 2.75) is 33.1 Å². The van der Waals surface area contributed by atoms with E-state index in [-0.39, 0.29) is 11.3 Å². The van der Waals surface area contributed by atoms with Crippen LogP contribution in [0.4, 0.5) is 5.69 Å². The van der Waals surface area contributed by atoms with Gasteiger partial charge in [0.2, 0.25) is 0 Å². The molecular formula is C17H19BrN2O. The van der Waals surface area contributed by atoms with E-state index in [4.69, 9.17) is 0 Å². The summed E-state index contributed by atoms with van der Waals surface area (Å²) in [4.78, 5) is 16.9. The Balaban J connectivity index is 2.33. The highest BCUT2D eigenvalue weighted by Crippen LogP contribution is 2.26. The van der Waals surface area contributed by atoms with E-state index in [0.717, 1.165) is 21.5 Å². The van der Waals surface area contributed by atoms with E-state index < -0.39 is 0 Å². The van der Waals surface area contributed by atoms with Gasteiger partial charge in [-0.1, -0.05) is 39.0 Å². The van der Waals surface area contributed by atoms with Crippen LogP contribution in [0.15, 0.2) is 41.0 Å². The highest BCUT2D eigenvalue weighted by molar-refractivity contribution is 9.10. The van der Waals surface area contributed by atoms with Crippen molar-refractivity contribution in [2.75, 3.05) is 5.32 Å². The monoisotopic (exact) mass is 346 g/mol. The summed E-state index contributed by atoms with van der Waals surface area (Å²) in [5, 5.41) is 2.94. The number of hydrogen-bond acceptors (Lipinski definition) is 2. The summed E-state index contributed by atoms with van der Waals surface area (Å²) in [7, 11) is 0. The molecule has 0 saturated heterocycles. The SMILES string of the molecule is Cc1nc(Br)ccc1NC(=O)c1ccccc1C(C)(C)C. The molecule has 0 saturated carbocycles. The van der Waals surface area contributed by atoms with Gasteiger partial charge in [0.25, 0.3) is 5.91 Å². The van der Waals surface area contributed by atoms with Crippen LogP contribution in [0.2, 0.25) is 0 Å². The van der Waals surface area contributed by atoms with Gasteiger partial charge in [-0.05, 0) is 52.0 Å². The number of nitrogens with zero attached hydrogens (tertiary/aromatic N) is 1. The van der Waals surface area contributed by atoms with Crippen molar-refractivity contribution < 1.29 is 4.79 Å². The summed E-state index contributed by atoms with van der Waals surface area (Å²) in [6.45, 7) is 8.18. The van der Waals surface area contributed by atoms with Crippen LogP contribution >= 0.6 is 15.9 Å². The van der Waals surface area contributed by atoms with Crippen molar-refractivity contribution in [3.63, 3.8) is 0 Å². The van der Waals surface area contributed by atoms with Crippen LogP contribution < -0.4 is 5.32 Å². The van der Waals surface area contributed by atoms with Crippen LogP contribution in [-0.2, 0) is 5.41 Å². The lowest BCUT2D eigenvalue weighted by Gasteiger charge is -2.22. The molecule has 3 nitrogen and oxygen atoms in total. The maximum Gasteiger partial charge on any atom is 0.256 e. The predicted octanol–water partition coefficient (Wildman–Crippen LogP) is 4.70. The van der Waals surface area contributed by atoms with Gasteiger partial charge in [0, 0.05) is 5.56 Å². The first-order chi connectivity index (χ1) is 9.79. The zero-order chi connectivity index (χ0) is 15.6. The molecule has 1 N–H and O–H groups in total. The molecule has 0 atom stereocenters. The molecule has 0 radical (unpaired) electrons. The second kappa shape index (κ2) is 5.98. The van der Waals surface area contributed by atoms with Gasteiger partial charge in [0.05, 0.1) is 11.4 Å². The fourth-order valence-electron chi connectivity index (χ4n) is 2.19. The second-order valence-corrected chi connectivity index (χ2v) is 6.83. The summed E-state index contributed by atoms with van der Waals surface area (Å²) in [5.74, 6) is -0.104. The summed E-state index contributed by atoms with van der Waals surface area (Å²) in [6.07, 6.45) is 0. The zero-order valence-electron chi connectivity index (χ0n) is 12.7. The van der Waals surface area contributed by atoms with Crippen LogP contribution in [0.3, 0.4) is 0 Å². The third-order valence-corrected chi connectivity index (χ3v) is 3.72. The van der Waals surface area contributed by atoms with Gasteiger partial charge in [0.15, 0.2) is 0 Å². The Kier molecular flexibility index (Phi) is 4.47. The van der Waals surface area contributed by atoms with Crippen molar-refractivity contribution in [1.82, 2.24) is 4.98 Å². The van der Waals surface area contributed by atoms with Gasteiger partial charge in [-0.2, -0.15) is 0 Å². The summed E-state index contributed by atoms with van der Waals surface area (Å²) in [6, 6.07) is 11.4. The third kappa shape index (κ3) is 3.70. The van der Waals surface area contributed by atoms with Crippen molar-refractivity contribution in [1.29, 1.82) is 0 Å². The number of amides is 1. The van der Waals surface area contributed by atoms with Crippen molar-refractivity contribution in [3.05, 3.63) is 57.8 Å². The Morgan fingerprint density at radius 2 is 1.81 bits per heavy atom. The highest BCUT2D eigenvalue weighted by atomic mass is 79.9. The van der Waals surface area contributed by atoms with Crippen molar-refractivity contribution in [2.24, 2.45) is 0 Å². The van der Waals surface area contributed by atoms with Gasteiger partial charge in [-0.25, -0.2) is 4.98 Å². The van der Waals surface area contributed by atoms with Crippen LogP contribution in [0, 0.1) is 6.92 Å². The zero-order valence-corrected chi connectivity index (χ0v) is 14.3. The first-order valence-electron chi connectivity index (χ1n) is 6.83. The normalized spacial score (nSPS) is 11.3. The lowest BCUT2D eigenvalue weighted by molar-refractivity contribution is 0.102. The lowest BCUT2D eigenvalue weighted by Crippen LogP contribution is -2.21. The molecule has 0 unspecified atom stereocenters. The number of anilines is 1. The number of halogens is 1. The van der Waals surface area contributed by atoms with E-state index in [1.165, 1.54) is 0 Å². The molecular weight excluding hydrogens is 328 g/mol. The summed E-state index contributed by atoms with van der Waals surface area (Å²) in [5.41, 5.74) is 3.16. The number of benzene rings is 1. The van der Waals surface area contributed by atoms with E-state index >= 15 is 0 Å². The average molecular weight is 347 g/mol. The van der Waals surface area contributed by atoms with Crippen LogP contribution in [0.5, 0.6) is 0 Å². The number of hydrogen-bond donors (Lipinski definition) is 1. The number of nitrogens with one attached hydrogen (secondary N) is 1. The molecule has 110 valence electrons. The van der Waals surface area contributed by atoms with E-state index in [0.29, 0.717) is 5.56 Å². The molecule has 4 heteroatoms. The number of aromatic nitrogens is 1. The van der Waals surface area contributed by atoms with Crippen molar-refractivity contribution >= 4 is 27.5 Å². The number of carbonyl (C=O) groups is 1. The Morgan fingerprint density at radius 1 is 1.14 bits per heavy atom. The Hall–Kier alpha value is -1.68. The fourth-order valence-corrected chi connectivity index (χ4v) is 2.59. The molecule has 1 aromatic heterocycles. The van der Waals surface area contributed by atoms with E-state index in [1.807, 2.05) is 43.3 Å². The summed E-state index contributed by atoms with van der Waals surface area (Å²) < 4.78 is 0.757. The minimum atomic E-state index is -0.104. The molecule has 1 amide bonds. The molecule has 0 aliphatic carbocycles. The molecule has 0 aliphatic heterocycles. The molecule has 21 heavy (non-hydrogen) atoms. The maximum absolute atomic E-state index is 12.6. The van der Waals surface area contributed by atoms with E-state index in [9.17, 15) is 4.79 Å². The topological polar surface area (TPSA) is 42.0 Å². The quantitative estimate of drug-likeness (QED) is 0.800. The predicted molar refractivity (Wildman–Crippen MR) is 89.8 cm³/mol. The van der Waals surface area contributed by atoms with Gasteiger partial charge >= 0.3 is 0 Å². The van der Waals surface area contributed by atoms with Gasteiger partial charge in [-0.3, -0.25) is 4.79 Å². The molecule has 0 fully saturated rings. The fraction of sp³-hybridized carbons (Fsp3) is 0.294. The largest absolute Gasteiger partial charge is 0.320 e. The van der Waals surface area contributed by atoms with E-state index in [1.54, 1.807) is 0 Å². The third-order valence-electron chi connectivity index (χ3n) is 3.28. The van der Waals surface area contributed by atoms with Gasteiger partial charge in [-0.15, -0.1) is 0 Å². The molecule has 2 rings (SSSR count). The van der Waals surface area contributed by atoms with Crippen molar-refractivity contribution in [3.8, 4) is 0 Å². The molecule has 0 aliphatic rings. The Morgan fingerprint density at radius 3 is 2.43 bits per heavy atom. The van der Waals surface area contributed by atoms with Crippen LogP contribution in [-0.4, -0.2) is 10.9 Å². The first kappa shape index (κ1) is 15.7. The highest BCUT2D eigenvalue weighted by Gasteiger charge is 2.21. The number of rotatable bonds is 2. The summed E-state index contributed by atoms with van der Waals surface area (Å²) >= 11 is 3.32. The molecule has 1 heterocycles. The Bertz CT molecular complexity index is 675. The molecule has 1 aromatic carbocycles. The number of carbonyl (C=O) groups excluding carboxylic acids is 1. The molecule has 0 spiro atoms. The lowest BCUT2D eigenvalue weighted by atomic mass is 9.83. The average Bonchev–Trinajstić information content (AvgIpc) is 2.41. The standard InChI is InChI=1S/C17H19BrN2O/c1-11-14(9-10-15(18)19-11)20-16(21)12-7-5-6-8-13(12)17(2,3)4/h5-10H,1-4H3,(H,20,21). The second-order valence-electron chi connectivity index (χ2n) is 6.02. The minimum Gasteiger partial charge on any atom is -0.320 e. The number of aryl methyl sites for hydroxylation is 1. The van der Waals surface area contributed by atoms with E-state index in [2.05, 4.69) is 47.0 Å². The minimum absolute atomic E-state index is 0.0824. The van der Waals surface area contributed by atoms with Gasteiger partial charge < -0.3 is 5.32 Å². The van der Waals surface area contributed by atoms with Crippen LogP contribution in [0.25, 0.3) is 0 Å². The first-order valence-corrected chi connectivity index (χ1v) is 7.62. The smallest absolute Gasteiger partial charge is 0.256 e.